The van der Waals surface area contributed by atoms with Crippen LogP contribution in [-0.2, 0) is 6.54 Å². The summed E-state index contributed by atoms with van der Waals surface area (Å²) in [4.78, 5) is 18.7. The van der Waals surface area contributed by atoms with Crippen LogP contribution in [0.2, 0.25) is 0 Å². The van der Waals surface area contributed by atoms with Crippen molar-refractivity contribution in [2.24, 2.45) is 5.92 Å². The number of amides is 1. The van der Waals surface area contributed by atoms with Gasteiger partial charge < -0.3 is 9.47 Å². The van der Waals surface area contributed by atoms with Crippen LogP contribution in [0.4, 0.5) is 0 Å². The Bertz CT molecular complexity index is 718. The number of piperidine rings is 1. The van der Waals surface area contributed by atoms with Crippen molar-refractivity contribution in [3.05, 3.63) is 53.6 Å². The molecule has 5 heteroatoms. The van der Waals surface area contributed by atoms with E-state index in [-0.39, 0.29) is 5.91 Å². The maximum atomic E-state index is 12.5. The third-order valence-electron chi connectivity index (χ3n) is 4.54. The van der Waals surface area contributed by atoms with Crippen LogP contribution in [0.3, 0.4) is 0 Å². The molecular weight excluding hydrogens is 288 g/mol. The SMILES string of the molecule is Cc1nccn1CC1CCN(C(=O)c2ccc(C#N)cc2)CC1. The quantitative estimate of drug-likeness (QED) is 0.875. The summed E-state index contributed by atoms with van der Waals surface area (Å²) in [5, 5.41) is 8.82. The summed E-state index contributed by atoms with van der Waals surface area (Å²) in [5.41, 5.74) is 1.24. The Morgan fingerprint density at radius 3 is 2.57 bits per heavy atom. The number of rotatable bonds is 3. The molecule has 5 nitrogen and oxygen atoms in total. The van der Waals surface area contributed by atoms with Gasteiger partial charge in [-0.2, -0.15) is 5.26 Å². The molecule has 1 aromatic carbocycles. The van der Waals surface area contributed by atoms with Gasteiger partial charge in [0, 0.05) is 37.6 Å². The molecule has 1 amide bonds. The van der Waals surface area contributed by atoms with Crippen LogP contribution in [0, 0.1) is 24.2 Å². The van der Waals surface area contributed by atoms with Gasteiger partial charge in [0.15, 0.2) is 0 Å². The molecule has 1 aliphatic rings. The van der Waals surface area contributed by atoms with Gasteiger partial charge >= 0.3 is 0 Å². The summed E-state index contributed by atoms with van der Waals surface area (Å²) in [5.74, 6) is 1.70. The van der Waals surface area contributed by atoms with Gasteiger partial charge in [-0.05, 0) is 49.9 Å². The van der Waals surface area contributed by atoms with Crippen LogP contribution in [0.1, 0.15) is 34.6 Å². The van der Waals surface area contributed by atoms with Crippen LogP contribution >= 0.6 is 0 Å². The summed E-state index contributed by atoms with van der Waals surface area (Å²) in [6.45, 7) is 4.57. The van der Waals surface area contributed by atoms with E-state index in [0.717, 1.165) is 38.3 Å². The average Bonchev–Trinajstić information content (AvgIpc) is 3.00. The molecule has 1 aliphatic heterocycles. The van der Waals surface area contributed by atoms with Crippen molar-refractivity contribution in [1.29, 1.82) is 5.26 Å². The molecule has 0 radical (unpaired) electrons. The van der Waals surface area contributed by atoms with Crippen LogP contribution in [0.15, 0.2) is 36.7 Å². The normalized spacial score (nSPS) is 15.4. The van der Waals surface area contributed by atoms with E-state index in [0.29, 0.717) is 17.0 Å². The van der Waals surface area contributed by atoms with Crippen molar-refractivity contribution in [2.45, 2.75) is 26.3 Å². The molecule has 0 atom stereocenters. The Kier molecular flexibility index (Phi) is 4.42. The largest absolute Gasteiger partial charge is 0.339 e. The van der Waals surface area contributed by atoms with E-state index in [1.807, 2.05) is 24.2 Å². The van der Waals surface area contributed by atoms with Crippen molar-refractivity contribution in [2.75, 3.05) is 13.1 Å². The molecular formula is C18H20N4O. The van der Waals surface area contributed by atoms with Crippen molar-refractivity contribution in [3.63, 3.8) is 0 Å². The number of nitrogens with zero attached hydrogens (tertiary/aromatic N) is 4. The molecule has 118 valence electrons. The van der Waals surface area contributed by atoms with Gasteiger partial charge in [-0.15, -0.1) is 0 Å². The zero-order valence-electron chi connectivity index (χ0n) is 13.3. The number of imidazole rings is 1. The molecule has 1 fully saturated rings. The Hall–Kier alpha value is -2.61. The Balaban J connectivity index is 1.56. The molecule has 0 unspecified atom stereocenters. The number of carbonyl (C=O) groups excluding carboxylic acids is 1. The lowest BCUT2D eigenvalue weighted by molar-refractivity contribution is 0.0682. The Morgan fingerprint density at radius 2 is 2.00 bits per heavy atom. The first-order valence-corrected chi connectivity index (χ1v) is 7.94. The standard InChI is InChI=1S/C18H20N4O/c1-14-20-8-11-22(14)13-16-6-9-21(10-7-16)18(23)17-4-2-15(12-19)3-5-17/h2-5,8,11,16H,6-7,9-10,13H2,1H3. The lowest BCUT2D eigenvalue weighted by Crippen LogP contribution is -2.39. The number of hydrogen-bond donors (Lipinski definition) is 0. The lowest BCUT2D eigenvalue weighted by atomic mass is 9.96. The fourth-order valence-electron chi connectivity index (χ4n) is 3.06. The van der Waals surface area contributed by atoms with E-state index < -0.39 is 0 Å². The second-order valence-corrected chi connectivity index (χ2v) is 6.05. The molecule has 0 aliphatic carbocycles. The predicted octanol–water partition coefficient (Wildman–Crippen LogP) is 2.62. The third-order valence-corrected chi connectivity index (χ3v) is 4.54. The van der Waals surface area contributed by atoms with Crippen molar-refractivity contribution < 1.29 is 4.79 Å². The Labute approximate surface area is 136 Å². The first kappa shape index (κ1) is 15.3. The maximum absolute atomic E-state index is 12.5. The zero-order chi connectivity index (χ0) is 16.2. The summed E-state index contributed by atoms with van der Waals surface area (Å²) >= 11 is 0. The van der Waals surface area contributed by atoms with Crippen molar-refractivity contribution >= 4 is 5.91 Å². The first-order chi connectivity index (χ1) is 11.2. The second-order valence-electron chi connectivity index (χ2n) is 6.05. The van der Waals surface area contributed by atoms with E-state index in [1.165, 1.54) is 0 Å². The molecule has 1 aromatic heterocycles. The molecule has 23 heavy (non-hydrogen) atoms. The van der Waals surface area contributed by atoms with E-state index in [4.69, 9.17) is 5.26 Å². The fourth-order valence-corrected chi connectivity index (χ4v) is 3.06. The number of carbonyl (C=O) groups is 1. The molecule has 0 N–H and O–H groups in total. The van der Waals surface area contributed by atoms with Gasteiger partial charge in [0.25, 0.3) is 5.91 Å². The lowest BCUT2D eigenvalue weighted by Gasteiger charge is -2.32. The minimum absolute atomic E-state index is 0.0618. The number of aromatic nitrogens is 2. The Morgan fingerprint density at radius 1 is 1.30 bits per heavy atom. The third kappa shape index (κ3) is 3.42. The fraction of sp³-hybridized carbons (Fsp3) is 0.389. The highest BCUT2D eigenvalue weighted by atomic mass is 16.2. The van der Waals surface area contributed by atoms with Gasteiger partial charge in [0.2, 0.25) is 0 Å². The molecule has 1 saturated heterocycles. The topological polar surface area (TPSA) is 61.9 Å². The highest BCUT2D eigenvalue weighted by Gasteiger charge is 2.24. The molecule has 3 rings (SSSR count). The molecule has 0 bridgehead atoms. The molecule has 0 spiro atoms. The van der Waals surface area contributed by atoms with E-state index in [1.54, 1.807) is 24.3 Å². The number of hydrogen-bond acceptors (Lipinski definition) is 3. The van der Waals surface area contributed by atoms with Crippen LogP contribution < -0.4 is 0 Å². The average molecular weight is 308 g/mol. The molecule has 0 saturated carbocycles. The van der Waals surface area contributed by atoms with Crippen molar-refractivity contribution in [3.8, 4) is 6.07 Å². The van der Waals surface area contributed by atoms with E-state index in [9.17, 15) is 4.79 Å². The van der Waals surface area contributed by atoms with Gasteiger partial charge in [-0.3, -0.25) is 4.79 Å². The smallest absolute Gasteiger partial charge is 0.253 e. The van der Waals surface area contributed by atoms with Crippen LogP contribution in [0.25, 0.3) is 0 Å². The molecule has 2 aromatic rings. The van der Waals surface area contributed by atoms with Crippen LogP contribution in [0.5, 0.6) is 0 Å². The minimum Gasteiger partial charge on any atom is -0.339 e. The summed E-state index contributed by atoms with van der Waals surface area (Å²) in [6.07, 6.45) is 5.88. The summed E-state index contributed by atoms with van der Waals surface area (Å²) in [7, 11) is 0. The number of aryl methyl sites for hydroxylation is 1. The van der Waals surface area contributed by atoms with Gasteiger partial charge in [0.1, 0.15) is 5.82 Å². The first-order valence-electron chi connectivity index (χ1n) is 7.94. The van der Waals surface area contributed by atoms with E-state index >= 15 is 0 Å². The summed E-state index contributed by atoms with van der Waals surface area (Å²) < 4.78 is 2.18. The number of benzene rings is 1. The monoisotopic (exact) mass is 308 g/mol. The number of nitriles is 1. The van der Waals surface area contributed by atoms with Gasteiger partial charge in [0.05, 0.1) is 11.6 Å². The highest BCUT2D eigenvalue weighted by Crippen LogP contribution is 2.21. The van der Waals surface area contributed by atoms with Gasteiger partial charge in [-0.1, -0.05) is 0 Å². The van der Waals surface area contributed by atoms with Crippen molar-refractivity contribution in [1.82, 2.24) is 14.5 Å². The predicted molar refractivity (Wildman–Crippen MR) is 86.7 cm³/mol. The maximum Gasteiger partial charge on any atom is 0.253 e. The van der Waals surface area contributed by atoms with E-state index in [2.05, 4.69) is 15.6 Å². The van der Waals surface area contributed by atoms with Crippen LogP contribution in [-0.4, -0.2) is 33.4 Å². The minimum atomic E-state index is 0.0618. The highest BCUT2D eigenvalue weighted by molar-refractivity contribution is 5.94. The summed E-state index contributed by atoms with van der Waals surface area (Å²) in [6, 6.07) is 8.94. The zero-order valence-corrected chi connectivity index (χ0v) is 13.3. The number of likely N-dealkylation sites (tertiary alicyclic amines) is 1. The van der Waals surface area contributed by atoms with Gasteiger partial charge in [-0.25, -0.2) is 4.98 Å². The second kappa shape index (κ2) is 6.66. The molecule has 2 heterocycles.